The van der Waals surface area contributed by atoms with Gasteiger partial charge in [0, 0.05) is 19.5 Å². The molecule has 2 aliphatic rings. The summed E-state index contributed by atoms with van der Waals surface area (Å²) in [6.07, 6.45) is 4.73. The van der Waals surface area contributed by atoms with Gasteiger partial charge in [0.1, 0.15) is 0 Å². The summed E-state index contributed by atoms with van der Waals surface area (Å²) < 4.78 is 30.6. The Bertz CT molecular complexity index is 945. The Labute approximate surface area is 171 Å². The second-order valence-electron chi connectivity index (χ2n) is 8.13. The molecule has 1 aromatic carbocycles. The smallest absolute Gasteiger partial charge is 0.288 e. The zero-order chi connectivity index (χ0) is 19.6. The second-order valence-corrected chi connectivity index (χ2v) is 10.7. The third-order valence-corrected chi connectivity index (χ3v) is 7.98. The molecule has 152 valence electrons. The van der Waals surface area contributed by atoms with Gasteiger partial charge in [-0.1, -0.05) is 30.3 Å². The van der Waals surface area contributed by atoms with Crippen LogP contribution in [0.25, 0.3) is 0 Å². The predicted octanol–water partition coefficient (Wildman–Crippen LogP) is 3.09. The lowest BCUT2D eigenvalue weighted by atomic mass is 9.90. The number of hydrogen-bond acceptors (Lipinski definition) is 6. The van der Waals surface area contributed by atoms with E-state index < -0.39 is 9.84 Å². The number of benzene rings is 1. The molecule has 0 unspecified atom stereocenters. The van der Waals surface area contributed by atoms with Crippen LogP contribution in [0.1, 0.15) is 30.7 Å². The van der Waals surface area contributed by atoms with Crippen molar-refractivity contribution in [1.29, 1.82) is 0 Å². The predicted molar refractivity (Wildman–Crippen MR) is 110 cm³/mol. The topological polar surface area (TPSA) is 68.3 Å². The van der Waals surface area contributed by atoms with Gasteiger partial charge in [0.05, 0.1) is 18.2 Å². The molecule has 0 spiro atoms. The highest BCUT2D eigenvalue weighted by Crippen LogP contribution is 2.24. The van der Waals surface area contributed by atoms with Crippen LogP contribution in [0.3, 0.4) is 0 Å². The number of nitrogens with zero attached hydrogens (tertiary/aromatic N) is 3. The van der Waals surface area contributed by atoms with Gasteiger partial charge in [-0.25, -0.2) is 13.1 Å². The minimum absolute atomic E-state index is 0.0974. The molecule has 0 saturated carbocycles. The molecule has 2 saturated heterocycles. The Morgan fingerprint density at radius 3 is 2.50 bits per heavy atom. The first-order valence-electron chi connectivity index (χ1n) is 10.0. The fraction of sp³-hybridized carbons (Fsp3) is 0.600. The van der Waals surface area contributed by atoms with Crippen LogP contribution in [0.2, 0.25) is 0 Å². The van der Waals surface area contributed by atoms with Crippen molar-refractivity contribution in [3.63, 3.8) is 0 Å². The highest BCUT2D eigenvalue weighted by molar-refractivity contribution is 7.91. The molecule has 6 nitrogen and oxygen atoms in total. The molecule has 28 heavy (non-hydrogen) atoms. The van der Waals surface area contributed by atoms with E-state index >= 15 is 0 Å². The van der Waals surface area contributed by atoms with Gasteiger partial charge in [-0.3, -0.25) is 4.90 Å². The third-order valence-electron chi connectivity index (χ3n) is 5.85. The van der Waals surface area contributed by atoms with E-state index in [-0.39, 0.29) is 17.4 Å². The van der Waals surface area contributed by atoms with E-state index in [2.05, 4.69) is 40.3 Å². The molecule has 1 atom stereocenters. The highest BCUT2D eigenvalue weighted by atomic mass is 32.2. The lowest BCUT2D eigenvalue weighted by molar-refractivity contribution is 0.138. The van der Waals surface area contributed by atoms with Gasteiger partial charge in [0.25, 0.3) is 4.84 Å². The lowest BCUT2D eigenvalue weighted by Gasteiger charge is -2.31. The molecule has 1 aromatic heterocycles. The molecule has 0 bridgehead atoms. The number of sulfone groups is 1. The van der Waals surface area contributed by atoms with Crippen molar-refractivity contribution in [3.05, 3.63) is 46.6 Å². The fourth-order valence-electron chi connectivity index (χ4n) is 4.27. The van der Waals surface area contributed by atoms with E-state index in [4.69, 9.17) is 16.6 Å². The van der Waals surface area contributed by atoms with Crippen molar-refractivity contribution in [2.24, 2.45) is 11.8 Å². The van der Waals surface area contributed by atoms with Crippen molar-refractivity contribution in [3.8, 4) is 0 Å². The molecule has 0 amide bonds. The summed E-state index contributed by atoms with van der Waals surface area (Å²) in [6, 6.07) is 10.7. The first-order valence-corrected chi connectivity index (χ1v) is 12.2. The second kappa shape index (κ2) is 8.47. The lowest BCUT2D eigenvalue weighted by Crippen LogP contribution is -2.36. The molecular weight excluding hydrogens is 394 g/mol. The van der Waals surface area contributed by atoms with Crippen molar-refractivity contribution < 1.29 is 12.8 Å². The first-order chi connectivity index (χ1) is 13.5. The molecule has 0 aliphatic carbocycles. The summed E-state index contributed by atoms with van der Waals surface area (Å²) in [7, 11) is -2.88. The van der Waals surface area contributed by atoms with Gasteiger partial charge in [-0.15, -0.1) is 5.10 Å². The summed E-state index contributed by atoms with van der Waals surface area (Å²) in [5.74, 6) is 1.89. The molecular formula is C20H27N3O3S2. The molecule has 2 aromatic rings. The van der Waals surface area contributed by atoms with E-state index in [1.807, 2.05) is 0 Å². The summed E-state index contributed by atoms with van der Waals surface area (Å²) in [6.45, 7) is 2.70. The first kappa shape index (κ1) is 19.8. The van der Waals surface area contributed by atoms with Gasteiger partial charge in [-0.2, -0.15) is 0 Å². The zero-order valence-corrected chi connectivity index (χ0v) is 17.6. The molecule has 2 fully saturated rings. The summed E-state index contributed by atoms with van der Waals surface area (Å²) in [5.41, 5.74) is 1.42. The third kappa shape index (κ3) is 5.10. The van der Waals surface area contributed by atoms with E-state index in [0.29, 0.717) is 30.2 Å². The number of piperidine rings is 1. The molecule has 2 aliphatic heterocycles. The zero-order valence-electron chi connectivity index (χ0n) is 16.0. The maximum Gasteiger partial charge on any atom is 0.288 e. The Morgan fingerprint density at radius 2 is 1.82 bits per heavy atom. The molecule has 4 rings (SSSR count). The Kier molecular flexibility index (Phi) is 5.99. The SMILES string of the molecule is O=S1(=O)CC[C@H](Cc2nn(CN3CCC(Cc4ccccc4)CC3)c(=S)o2)C1. The van der Waals surface area contributed by atoms with Crippen LogP contribution in [-0.4, -0.2) is 47.7 Å². The van der Waals surface area contributed by atoms with Crippen LogP contribution >= 0.6 is 12.2 Å². The van der Waals surface area contributed by atoms with Gasteiger partial charge < -0.3 is 4.42 Å². The maximum absolute atomic E-state index is 11.6. The Hall–Kier alpha value is -1.51. The average molecular weight is 422 g/mol. The monoisotopic (exact) mass is 421 g/mol. The summed E-state index contributed by atoms with van der Waals surface area (Å²) in [5, 5.41) is 4.51. The normalized spacial score (nSPS) is 23.2. The molecule has 8 heteroatoms. The maximum atomic E-state index is 11.6. The van der Waals surface area contributed by atoms with Gasteiger partial charge in [0.2, 0.25) is 5.89 Å². The quantitative estimate of drug-likeness (QED) is 0.668. The number of likely N-dealkylation sites (tertiary alicyclic amines) is 1. The van der Waals surface area contributed by atoms with Crippen LogP contribution in [-0.2, 0) is 29.3 Å². The molecule has 3 heterocycles. The van der Waals surface area contributed by atoms with Crippen molar-refractivity contribution in [2.75, 3.05) is 24.6 Å². The summed E-state index contributed by atoms with van der Waals surface area (Å²) >= 11 is 5.33. The van der Waals surface area contributed by atoms with Crippen LogP contribution in [0, 0.1) is 16.7 Å². The molecule has 0 radical (unpaired) electrons. The van der Waals surface area contributed by atoms with Crippen molar-refractivity contribution in [2.45, 2.75) is 38.8 Å². The summed E-state index contributed by atoms with van der Waals surface area (Å²) in [4.78, 5) is 2.74. The standard InChI is InChI=1S/C20H27N3O3S2/c24-28(25)11-8-18(14-28)13-19-21-23(20(27)26-19)15-22-9-6-17(7-10-22)12-16-4-2-1-3-5-16/h1-5,17-18H,6-15H2/t18-/m1/s1. The van der Waals surface area contributed by atoms with Crippen LogP contribution in [0.5, 0.6) is 0 Å². The van der Waals surface area contributed by atoms with Crippen molar-refractivity contribution in [1.82, 2.24) is 14.7 Å². The van der Waals surface area contributed by atoms with Crippen LogP contribution < -0.4 is 0 Å². The largest absolute Gasteiger partial charge is 0.414 e. The van der Waals surface area contributed by atoms with E-state index in [1.165, 1.54) is 18.4 Å². The number of hydrogen-bond donors (Lipinski definition) is 0. The van der Waals surface area contributed by atoms with E-state index in [9.17, 15) is 8.42 Å². The van der Waals surface area contributed by atoms with Crippen molar-refractivity contribution >= 4 is 22.1 Å². The van der Waals surface area contributed by atoms with Gasteiger partial charge in [-0.05, 0) is 55.3 Å². The minimum atomic E-state index is -2.88. The fourth-order valence-corrected chi connectivity index (χ4v) is 6.33. The van der Waals surface area contributed by atoms with E-state index in [1.54, 1.807) is 4.68 Å². The number of rotatable bonds is 6. The van der Waals surface area contributed by atoms with Crippen LogP contribution in [0.4, 0.5) is 0 Å². The van der Waals surface area contributed by atoms with Crippen LogP contribution in [0.15, 0.2) is 34.7 Å². The minimum Gasteiger partial charge on any atom is -0.414 e. The Morgan fingerprint density at radius 1 is 1.07 bits per heavy atom. The van der Waals surface area contributed by atoms with Gasteiger partial charge in [0.15, 0.2) is 9.84 Å². The highest BCUT2D eigenvalue weighted by Gasteiger charge is 2.29. The molecule has 0 N–H and O–H groups in total. The number of aromatic nitrogens is 2. The Balaban J connectivity index is 1.28. The average Bonchev–Trinajstić information content (AvgIpc) is 3.19. The van der Waals surface area contributed by atoms with E-state index in [0.717, 1.165) is 25.4 Å². The van der Waals surface area contributed by atoms with Gasteiger partial charge >= 0.3 is 0 Å².